The second-order valence-electron chi connectivity index (χ2n) is 3.93. The Kier molecular flexibility index (Phi) is 5.53. The minimum absolute atomic E-state index is 0.492. The third-order valence-electron chi connectivity index (χ3n) is 2.52. The number of carboxylic acid groups (broad SMARTS) is 1. The molecule has 0 radical (unpaired) electrons. The third-order valence-corrected chi connectivity index (χ3v) is 3.24. The lowest BCUT2D eigenvalue weighted by Gasteiger charge is -2.06. The van der Waals surface area contributed by atoms with Gasteiger partial charge in [0.05, 0.1) is 0 Å². The number of halogens is 1. The lowest BCUT2D eigenvalue weighted by atomic mass is 10.0. The van der Waals surface area contributed by atoms with Gasteiger partial charge in [0.25, 0.3) is 0 Å². The Balaban J connectivity index is 2.54. The molecule has 1 aromatic carbocycles. The Morgan fingerprint density at radius 1 is 1.31 bits per heavy atom. The summed E-state index contributed by atoms with van der Waals surface area (Å²) in [6.07, 6.45) is 4.04. The summed E-state index contributed by atoms with van der Waals surface area (Å²) in [7, 11) is 0. The zero-order chi connectivity index (χ0) is 12.0. The van der Waals surface area contributed by atoms with Crippen LogP contribution < -0.4 is 0 Å². The van der Waals surface area contributed by atoms with Gasteiger partial charge in [-0.25, -0.2) is 0 Å². The fourth-order valence-electron chi connectivity index (χ4n) is 1.52. The number of hydrogen-bond donors (Lipinski definition) is 1. The molecular formula is C13H17BrO2. The zero-order valence-corrected chi connectivity index (χ0v) is 11.0. The summed E-state index contributed by atoms with van der Waals surface area (Å²) < 4.78 is 0. The van der Waals surface area contributed by atoms with Crippen molar-refractivity contribution in [2.45, 2.75) is 37.4 Å². The number of carboxylic acids is 1. The Morgan fingerprint density at radius 3 is 2.38 bits per heavy atom. The SMILES string of the molecule is CCCCc1ccc(CC(Br)C(=O)O)cc1. The van der Waals surface area contributed by atoms with Gasteiger partial charge in [-0.3, -0.25) is 4.79 Å². The molecule has 2 nitrogen and oxygen atoms in total. The minimum atomic E-state index is -0.810. The first-order chi connectivity index (χ1) is 7.63. The van der Waals surface area contributed by atoms with Gasteiger partial charge in [-0.05, 0) is 30.4 Å². The summed E-state index contributed by atoms with van der Waals surface area (Å²) in [5.74, 6) is -0.810. The molecule has 0 saturated carbocycles. The highest BCUT2D eigenvalue weighted by atomic mass is 79.9. The highest BCUT2D eigenvalue weighted by Crippen LogP contribution is 2.13. The summed E-state index contributed by atoms with van der Waals surface area (Å²) in [6, 6.07) is 8.21. The predicted molar refractivity (Wildman–Crippen MR) is 69.1 cm³/mol. The van der Waals surface area contributed by atoms with Crippen molar-refractivity contribution in [2.24, 2.45) is 0 Å². The number of alkyl halides is 1. The van der Waals surface area contributed by atoms with Gasteiger partial charge in [0.2, 0.25) is 0 Å². The Hall–Kier alpha value is -0.830. The molecule has 0 aliphatic rings. The van der Waals surface area contributed by atoms with Crippen LogP contribution in [0.15, 0.2) is 24.3 Å². The standard InChI is InChI=1S/C13H17BrO2/c1-2-3-4-10-5-7-11(8-6-10)9-12(14)13(15)16/h5-8,12H,2-4,9H2,1H3,(H,15,16). The van der Waals surface area contributed by atoms with E-state index in [0.29, 0.717) is 6.42 Å². The second-order valence-corrected chi connectivity index (χ2v) is 5.04. The van der Waals surface area contributed by atoms with E-state index >= 15 is 0 Å². The van der Waals surface area contributed by atoms with Gasteiger partial charge in [0, 0.05) is 0 Å². The molecule has 1 aromatic rings. The molecule has 1 N–H and O–H groups in total. The van der Waals surface area contributed by atoms with Gasteiger partial charge in [-0.2, -0.15) is 0 Å². The third kappa shape index (κ3) is 4.35. The summed E-state index contributed by atoms with van der Waals surface area (Å²) in [5, 5.41) is 8.77. The number of carbonyl (C=O) groups is 1. The topological polar surface area (TPSA) is 37.3 Å². The normalized spacial score (nSPS) is 12.4. The van der Waals surface area contributed by atoms with Crippen LogP contribution in [0.3, 0.4) is 0 Å². The summed E-state index contributed by atoms with van der Waals surface area (Å²) >= 11 is 3.14. The molecule has 0 aliphatic heterocycles. The van der Waals surface area contributed by atoms with Crippen molar-refractivity contribution in [2.75, 3.05) is 0 Å². The van der Waals surface area contributed by atoms with Crippen LogP contribution in [0.5, 0.6) is 0 Å². The molecule has 88 valence electrons. The zero-order valence-electron chi connectivity index (χ0n) is 9.45. The van der Waals surface area contributed by atoms with Crippen LogP contribution in [-0.4, -0.2) is 15.9 Å². The molecule has 0 aromatic heterocycles. The van der Waals surface area contributed by atoms with Crippen molar-refractivity contribution in [3.63, 3.8) is 0 Å². The van der Waals surface area contributed by atoms with Gasteiger partial charge in [-0.1, -0.05) is 53.5 Å². The van der Waals surface area contributed by atoms with Crippen molar-refractivity contribution < 1.29 is 9.90 Å². The van der Waals surface area contributed by atoms with Crippen molar-refractivity contribution in [3.8, 4) is 0 Å². The van der Waals surface area contributed by atoms with Gasteiger partial charge in [-0.15, -0.1) is 0 Å². The summed E-state index contributed by atoms with van der Waals surface area (Å²) in [6.45, 7) is 2.18. The van der Waals surface area contributed by atoms with E-state index in [4.69, 9.17) is 5.11 Å². The van der Waals surface area contributed by atoms with Crippen LogP contribution >= 0.6 is 15.9 Å². The highest BCUT2D eigenvalue weighted by Gasteiger charge is 2.13. The van der Waals surface area contributed by atoms with Gasteiger partial charge < -0.3 is 5.11 Å². The minimum Gasteiger partial charge on any atom is -0.480 e. The van der Waals surface area contributed by atoms with Gasteiger partial charge in [0.15, 0.2) is 0 Å². The fraction of sp³-hybridized carbons (Fsp3) is 0.462. The molecule has 0 amide bonds. The lowest BCUT2D eigenvalue weighted by molar-refractivity contribution is -0.136. The largest absolute Gasteiger partial charge is 0.480 e. The van der Waals surface area contributed by atoms with Crippen molar-refractivity contribution in [3.05, 3.63) is 35.4 Å². The number of hydrogen-bond acceptors (Lipinski definition) is 1. The van der Waals surface area contributed by atoms with Crippen molar-refractivity contribution in [1.82, 2.24) is 0 Å². The molecule has 1 atom stereocenters. The first-order valence-corrected chi connectivity index (χ1v) is 6.49. The summed E-state index contributed by atoms with van der Waals surface area (Å²) in [4.78, 5) is 10.2. The van der Waals surface area contributed by atoms with E-state index in [-0.39, 0.29) is 0 Å². The predicted octanol–water partition coefficient (Wildman–Crippen LogP) is 3.42. The molecule has 1 unspecified atom stereocenters. The Labute approximate surface area is 105 Å². The smallest absolute Gasteiger partial charge is 0.317 e. The number of unbranched alkanes of at least 4 members (excludes halogenated alkanes) is 1. The fourth-order valence-corrected chi connectivity index (χ4v) is 1.89. The van der Waals surface area contributed by atoms with E-state index < -0.39 is 10.8 Å². The summed E-state index contributed by atoms with van der Waals surface area (Å²) in [5.41, 5.74) is 2.39. The number of benzene rings is 1. The maximum atomic E-state index is 10.7. The molecule has 0 fully saturated rings. The molecule has 0 aliphatic carbocycles. The van der Waals surface area contributed by atoms with Gasteiger partial charge >= 0.3 is 5.97 Å². The second kappa shape index (κ2) is 6.69. The monoisotopic (exact) mass is 284 g/mol. The number of aliphatic carboxylic acids is 1. The van der Waals surface area contributed by atoms with E-state index in [0.717, 1.165) is 12.0 Å². The first kappa shape index (κ1) is 13.2. The van der Waals surface area contributed by atoms with Crippen LogP contribution in [0.4, 0.5) is 0 Å². The first-order valence-electron chi connectivity index (χ1n) is 5.58. The Bertz CT molecular complexity index is 332. The molecule has 3 heteroatoms. The van der Waals surface area contributed by atoms with Crippen LogP contribution in [0.1, 0.15) is 30.9 Å². The van der Waals surface area contributed by atoms with Crippen LogP contribution in [-0.2, 0) is 17.6 Å². The Morgan fingerprint density at radius 2 is 1.88 bits per heavy atom. The van der Waals surface area contributed by atoms with Crippen molar-refractivity contribution >= 4 is 21.9 Å². The van der Waals surface area contributed by atoms with E-state index in [1.54, 1.807) is 0 Å². The van der Waals surface area contributed by atoms with E-state index in [1.807, 2.05) is 12.1 Å². The molecule has 0 spiro atoms. The average molecular weight is 285 g/mol. The maximum Gasteiger partial charge on any atom is 0.317 e. The molecule has 0 heterocycles. The molecule has 1 rings (SSSR count). The van der Waals surface area contributed by atoms with Crippen LogP contribution in [0.2, 0.25) is 0 Å². The maximum absolute atomic E-state index is 10.7. The van der Waals surface area contributed by atoms with E-state index in [1.165, 1.54) is 18.4 Å². The molecule has 0 saturated heterocycles. The van der Waals surface area contributed by atoms with Crippen molar-refractivity contribution in [1.29, 1.82) is 0 Å². The number of aryl methyl sites for hydroxylation is 1. The van der Waals surface area contributed by atoms with Gasteiger partial charge in [0.1, 0.15) is 4.83 Å². The highest BCUT2D eigenvalue weighted by molar-refractivity contribution is 9.10. The lowest BCUT2D eigenvalue weighted by Crippen LogP contribution is -2.15. The molecular weight excluding hydrogens is 268 g/mol. The quantitative estimate of drug-likeness (QED) is 0.813. The molecule has 0 bridgehead atoms. The van der Waals surface area contributed by atoms with Crippen LogP contribution in [0, 0.1) is 0 Å². The molecule has 16 heavy (non-hydrogen) atoms. The number of rotatable bonds is 6. The average Bonchev–Trinajstić information content (AvgIpc) is 2.28. The van der Waals surface area contributed by atoms with E-state index in [9.17, 15) is 4.79 Å². The van der Waals surface area contributed by atoms with Crippen LogP contribution in [0.25, 0.3) is 0 Å². The van der Waals surface area contributed by atoms with E-state index in [2.05, 4.69) is 35.0 Å².